The van der Waals surface area contributed by atoms with Crippen LogP contribution in [0.3, 0.4) is 0 Å². The standard InChI is InChI=1S/C15H16ClNO4S/c1-3-17(10-12-5-4-8-21-12)15(18)11-6-7-13(16)14(9-11)22(2,19)20/h4-9H,3,10H2,1-2H3. The van der Waals surface area contributed by atoms with Gasteiger partial charge >= 0.3 is 0 Å². The van der Waals surface area contributed by atoms with Crippen LogP contribution < -0.4 is 0 Å². The second kappa shape index (κ2) is 6.54. The molecule has 1 aromatic carbocycles. The van der Waals surface area contributed by atoms with Crippen molar-refractivity contribution in [2.24, 2.45) is 0 Å². The van der Waals surface area contributed by atoms with Crippen molar-refractivity contribution >= 4 is 27.3 Å². The molecule has 118 valence electrons. The van der Waals surface area contributed by atoms with Gasteiger partial charge in [-0.25, -0.2) is 8.42 Å². The van der Waals surface area contributed by atoms with Gasteiger partial charge in [-0.15, -0.1) is 0 Å². The summed E-state index contributed by atoms with van der Waals surface area (Å²) >= 11 is 5.90. The second-order valence-electron chi connectivity index (χ2n) is 4.82. The van der Waals surface area contributed by atoms with E-state index in [4.69, 9.17) is 16.0 Å². The summed E-state index contributed by atoms with van der Waals surface area (Å²) in [6.45, 7) is 2.63. The third-order valence-corrected chi connectivity index (χ3v) is 4.75. The maximum Gasteiger partial charge on any atom is 0.254 e. The Balaban J connectivity index is 2.32. The Morgan fingerprint density at radius 3 is 2.59 bits per heavy atom. The fraction of sp³-hybridized carbons (Fsp3) is 0.267. The van der Waals surface area contributed by atoms with Crippen LogP contribution in [-0.2, 0) is 16.4 Å². The number of amides is 1. The summed E-state index contributed by atoms with van der Waals surface area (Å²) in [7, 11) is -3.49. The summed E-state index contributed by atoms with van der Waals surface area (Å²) in [6, 6.07) is 7.78. The number of rotatable bonds is 5. The van der Waals surface area contributed by atoms with Crippen LogP contribution in [-0.4, -0.2) is 32.0 Å². The Bertz CT molecular complexity index is 769. The summed E-state index contributed by atoms with van der Waals surface area (Å²) in [6.07, 6.45) is 2.60. The number of furan rings is 1. The van der Waals surface area contributed by atoms with Crippen LogP contribution in [0, 0.1) is 0 Å². The number of halogens is 1. The van der Waals surface area contributed by atoms with Gasteiger partial charge < -0.3 is 9.32 Å². The van der Waals surface area contributed by atoms with E-state index in [1.54, 1.807) is 17.0 Å². The van der Waals surface area contributed by atoms with Gasteiger partial charge in [-0.1, -0.05) is 11.6 Å². The topological polar surface area (TPSA) is 67.6 Å². The third-order valence-electron chi connectivity index (χ3n) is 3.17. The van der Waals surface area contributed by atoms with Crippen LogP contribution in [0.2, 0.25) is 5.02 Å². The molecule has 0 atom stereocenters. The van der Waals surface area contributed by atoms with Crippen molar-refractivity contribution in [3.05, 3.63) is 52.9 Å². The fourth-order valence-corrected chi connectivity index (χ4v) is 3.32. The van der Waals surface area contributed by atoms with Gasteiger partial charge in [0.05, 0.1) is 22.7 Å². The van der Waals surface area contributed by atoms with Crippen LogP contribution in [0.5, 0.6) is 0 Å². The van der Waals surface area contributed by atoms with Gasteiger partial charge in [0.15, 0.2) is 9.84 Å². The molecule has 7 heteroatoms. The molecule has 0 fully saturated rings. The molecular weight excluding hydrogens is 326 g/mol. The quantitative estimate of drug-likeness (QED) is 0.838. The Labute approximate surface area is 134 Å². The number of hydrogen-bond acceptors (Lipinski definition) is 4. The SMILES string of the molecule is CCN(Cc1ccco1)C(=O)c1ccc(Cl)c(S(C)(=O)=O)c1. The molecule has 22 heavy (non-hydrogen) atoms. The number of nitrogens with zero attached hydrogens (tertiary/aromatic N) is 1. The number of carbonyl (C=O) groups is 1. The molecule has 0 aliphatic rings. The van der Waals surface area contributed by atoms with Crippen molar-refractivity contribution in [3.8, 4) is 0 Å². The van der Waals surface area contributed by atoms with Crippen molar-refractivity contribution in [2.75, 3.05) is 12.8 Å². The van der Waals surface area contributed by atoms with Crippen LogP contribution in [0.15, 0.2) is 45.9 Å². The van der Waals surface area contributed by atoms with E-state index in [9.17, 15) is 13.2 Å². The van der Waals surface area contributed by atoms with Gasteiger partial charge in [0.1, 0.15) is 5.76 Å². The molecule has 0 bridgehead atoms. The van der Waals surface area contributed by atoms with Crippen molar-refractivity contribution in [1.82, 2.24) is 4.90 Å². The van der Waals surface area contributed by atoms with E-state index in [2.05, 4.69) is 0 Å². The highest BCUT2D eigenvalue weighted by atomic mass is 35.5. The molecule has 0 aliphatic heterocycles. The zero-order valence-corrected chi connectivity index (χ0v) is 13.8. The maximum atomic E-state index is 12.5. The summed E-state index contributed by atoms with van der Waals surface area (Å²) in [5.41, 5.74) is 0.276. The molecule has 0 unspecified atom stereocenters. The number of carbonyl (C=O) groups excluding carboxylic acids is 1. The van der Waals surface area contributed by atoms with Gasteiger partial charge in [-0.05, 0) is 37.3 Å². The lowest BCUT2D eigenvalue weighted by Gasteiger charge is -2.20. The molecule has 5 nitrogen and oxygen atoms in total. The summed E-state index contributed by atoms with van der Waals surface area (Å²) < 4.78 is 28.6. The molecular formula is C15H16ClNO4S. The minimum absolute atomic E-state index is 0.0472. The number of hydrogen-bond donors (Lipinski definition) is 0. The van der Waals surface area contributed by atoms with Gasteiger partial charge in [0, 0.05) is 18.4 Å². The second-order valence-corrected chi connectivity index (χ2v) is 7.21. The first kappa shape index (κ1) is 16.6. The van der Waals surface area contributed by atoms with Gasteiger partial charge in [0.25, 0.3) is 5.91 Å². The Morgan fingerprint density at radius 1 is 1.32 bits per heavy atom. The van der Waals surface area contributed by atoms with Crippen molar-refractivity contribution in [2.45, 2.75) is 18.4 Å². The summed E-state index contributed by atoms with van der Waals surface area (Å²) in [4.78, 5) is 14.1. The smallest absolute Gasteiger partial charge is 0.254 e. The molecule has 0 saturated heterocycles. The maximum absolute atomic E-state index is 12.5. The first-order chi connectivity index (χ1) is 10.3. The minimum atomic E-state index is -3.49. The van der Waals surface area contributed by atoms with Crippen LogP contribution in [0.4, 0.5) is 0 Å². The molecule has 2 rings (SSSR count). The largest absolute Gasteiger partial charge is 0.467 e. The van der Waals surface area contributed by atoms with Crippen molar-refractivity contribution in [3.63, 3.8) is 0 Å². The molecule has 1 amide bonds. The van der Waals surface area contributed by atoms with Crippen LogP contribution in [0.1, 0.15) is 23.0 Å². The lowest BCUT2D eigenvalue weighted by atomic mass is 10.2. The van der Waals surface area contributed by atoms with Gasteiger partial charge in [-0.2, -0.15) is 0 Å². The van der Waals surface area contributed by atoms with Crippen LogP contribution in [0.25, 0.3) is 0 Å². The highest BCUT2D eigenvalue weighted by molar-refractivity contribution is 7.90. The van der Waals surface area contributed by atoms with Crippen LogP contribution >= 0.6 is 11.6 Å². The average molecular weight is 342 g/mol. The molecule has 0 saturated carbocycles. The van der Waals surface area contributed by atoms with Crippen molar-refractivity contribution in [1.29, 1.82) is 0 Å². The minimum Gasteiger partial charge on any atom is -0.467 e. The zero-order chi connectivity index (χ0) is 16.3. The van der Waals surface area contributed by atoms with E-state index in [0.717, 1.165) is 6.26 Å². The molecule has 0 radical (unpaired) electrons. The van der Waals surface area contributed by atoms with E-state index in [0.29, 0.717) is 18.8 Å². The number of benzene rings is 1. The van der Waals surface area contributed by atoms with E-state index in [1.807, 2.05) is 6.92 Å². The molecule has 0 spiro atoms. The Kier molecular flexibility index (Phi) is 4.93. The Morgan fingerprint density at radius 2 is 2.05 bits per heavy atom. The Hall–Kier alpha value is -1.79. The summed E-state index contributed by atoms with van der Waals surface area (Å²) in [5, 5.41) is 0.105. The predicted molar refractivity (Wildman–Crippen MR) is 83.7 cm³/mol. The molecule has 2 aromatic rings. The predicted octanol–water partition coefficient (Wildman–Crippen LogP) is 3.00. The van der Waals surface area contributed by atoms with Crippen molar-refractivity contribution < 1.29 is 17.6 Å². The molecule has 1 aromatic heterocycles. The van der Waals surface area contributed by atoms with E-state index in [-0.39, 0.29) is 21.4 Å². The highest BCUT2D eigenvalue weighted by Crippen LogP contribution is 2.23. The zero-order valence-electron chi connectivity index (χ0n) is 12.2. The average Bonchev–Trinajstić information content (AvgIpc) is 2.96. The monoisotopic (exact) mass is 341 g/mol. The summed E-state index contributed by atoms with van der Waals surface area (Å²) in [5.74, 6) is 0.382. The van der Waals surface area contributed by atoms with E-state index in [1.165, 1.54) is 24.5 Å². The molecule has 0 aliphatic carbocycles. The molecule has 1 heterocycles. The normalized spacial score (nSPS) is 11.4. The number of sulfone groups is 1. The first-order valence-corrected chi connectivity index (χ1v) is 8.91. The lowest BCUT2D eigenvalue weighted by Crippen LogP contribution is -2.30. The third kappa shape index (κ3) is 3.69. The lowest BCUT2D eigenvalue weighted by molar-refractivity contribution is 0.0741. The fourth-order valence-electron chi connectivity index (χ4n) is 2.02. The first-order valence-electron chi connectivity index (χ1n) is 6.64. The van der Waals surface area contributed by atoms with Gasteiger partial charge in [-0.3, -0.25) is 4.79 Å². The van der Waals surface area contributed by atoms with Gasteiger partial charge in [0.2, 0.25) is 0 Å². The van der Waals surface area contributed by atoms with E-state index < -0.39 is 9.84 Å². The molecule has 0 N–H and O–H groups in total. The highest BCUT2D eigenvalue weighted by Gasteiger charge is 2.19. The van der Waals surface area contributed by atoms with E-state index >= 15 is 0 Å².